The standard InChI is InChI=1S/C12H14ClN5O2/c1-7-4-8(2)18(17-7)6-10(19)15-12-14-9(13)5-11(16-12)20-3/h4-5H,6H2,1-3H3,(H,14,15,16,19). The van der Waals surface area contributed by atoms with Gasteiger partial charge in [0.2, 0.25) is 17.7 Å². The number of methoxy groups -OCH3 is 1. The fourth-order valence-electron chi connectivity index (χ4n) is 1.69. The number of ether oxygens (including phenoxy) is 1. The summed E-state index contributed by atoms with van der Waals surface area (Å²) < 4.78 is 6.56. The van der Waals surface area contributed by atoms with Gasteiger partial charge in [0, 0.05) is 11.8 Å². The van der Waals surface area contributed by atoms with E-state index in [-0.39, 0.29) is 29.4 Å². The van der Waals surface area contributed by atoms with Gasteiger partial charge >= 0.3 is 0 Å². The summed E-state index contributed by atoms with van der Waals surface area (Å²) in [6.07, 6.45) is 0. The molecule has 0 aromatic carbocycles. The predicted molar refractivity (Wildman–Crippen MR) is 73.9 cm³/mol. The molecular weight excluding hydrogens is 282 g/mol. The molecule has 1 amide bonds. The van der Waals surface area contributed by atoms with Gasteiger partial charge in [-0.3, -0.25) is 14.8 Å². The zero-order valence-electron chi connectivity index (χ0n) is 11.3. The van der Waals surface area contributed by atoms with Gasteiger partial charge < -0.3 is 4.74 Å². The van der Waals surface area contributed by atoms with E-state index in [0.29, 0.717) is 0 Å². The number of halogens is 1. The smallest absolute Gasteiger partial charge is 0.248 e. The van der Waals surface area contributed by atoms with Crippen molar-refractivity contribution in [3.8, 4) is 5.88 Å². The number of nitrogens with one attached hydrogen (secondary N) is 1. The van der Waals surface area contributed by atoms with Crippen molar-refractivity contribution in [2.75, 3.05) is 12.4 Å². The Bertz CT molecular complexity index is 641. The molecule has 0 bridgehead atoms. The lowest BCUT2D eigenvalue weighted by Crippen LogP contribution is -2.21. The molecule has 0 aliphatic heterocycles. The Hall–Kier alpha value is -2.15. The van der Waals surface area contributed by atoms with Crippen LogP contribution >= 0.6 is 11.6 Å². The number of carbonyl (C=O) groups excluding carboxylic acids is 1. The van der Waals surface area contributed by atoms with Gasteiger partial charge in [0.25, 0.3) is 0 Å². The third-order valence-electron chi connectivity index (χ3n) is 2.53. The van der Waals surface area contributed by atoms with Crippen molar-refractivity contribution < 1.29 is 9.53 Å². The first-order valence-electron chi connectivity index (χ1n) is 5.87. The van der Waals surface area contributed by atoms with Crippen LogP contribution in [0.3, 0.4) is 0 Å². The zero-order valence-corrected chi connectivity index (χ0v) is 12.1. The Kier molecular flexibility index (Phi) is 4.19. The molecule has 0 radical (unpaired) electrons. The molecule has 0 atom stereocenters. The molecule has 0 saturated carbocycles. The Labute approximate surface area is 120 Å². The molecular formula is C12H14ClN5O2. The minimum atomic E-state index is -0.291. The Morgan fingerprint density at radius 3 is 2.75 bits per heavy atom. The van der Waals surface area contributed by atoms with E-state index in [9.17, 15) is 4.79 Å². The molecule has 20 heavy (non-hydrogen) atoms. The van der Waals surface area contributed by atoms with Gasteiger partial charge in [0.15, 0.2) is 0 Å². The van der Waals surface area contributed by atoms with E-state index in [0.717, 1.165) is 11.4 Å². The number of rotatable bonds is 4. The second kappa shape index (κ2) is 5.87. The lowest BCUT2D eigenvalue weighted by molar-refractivity contribution is -0.117. The van der Waals surface area contributed by atoms with Crippen molar-refractivity contribution in [3.05, 3.63) is 28.7 Å². The molecule has 2 rings (SSSR count). The molecule has 2 aromatic rings. The number of hydrogen-bond donors (Lipinski definition) is 1. The van der Waals surface area contributed by atoms with Crippen molar-refractivity contribution in [3.63, 3.8) is 0 Å². The lowest BCUT2D eigenvalue weighted by Gasteiger charge is -2.07. The van der Waals surface area contributed by atoms with Crippen LogP contribution in [0.4, 0.5) is 5.95 Å². The number of carbonyl (C=O) groups is 1. The van der Waals surface area contributed by atoms with Crippen LogP contribution in [0.25, 0.3) is 0 Å². The maximum atomic E-state index is 11.9. The zero-order chi connectivity index (χ0) is 14.7. The van der Waals surface area contributed by atoms with E-state index in [2.05, 4.69) is 20.4 Å². The van der Waals surface area contributed by atoms with Gasteiger partial charge in [-0.2, -0.15) is 10.1 Å². The van der Waals surface area contributed by atoms with Crippen LogP contribution in [0.2, 0.25) is 5.15 Å². The second-order valence-corrected chi connectivity index (χ2v) is 4.58. The topological polar surface area (TPSA) is 81.9 Å². The fraction of sp³-hybridized carbons (Fsp3) is 0.333. The average Bonchev–Trinajstić information content (AvgIpc) is 2.66. The van der Waals surface area contributed by atoms with Gasteiger partial charge in [0.05, 0.1) is 12.8 Å². The van der Waals surface area contributed by atoms with Crippen LogP contribution in [-0.4, -0.2) is 32.8 Å². The van der Waals surface area contributed by atoms with Crippen LogP contribution < -0.4 is 10.1 Å². The van der Waals surface area contributed by atoms with E-state index in [4.69, 9.17) is 16.3 Å². The van der Waals surface area contributed by atoms with Crippen molar-refractivity contribution in [1.82, 2.24) is 19.7 Å². The first-order chi connectivity index (χ1) is 9.47. The van der Waals surface area contributed by atoms with Crippen molar-refractivity contribution in [1.29, 1.82) is 0 Å². The summed E-state index contributed by atoms with van der Waals surface area (Å²) in [6.45, 7) is 3.83. The van der Waals surface area contributed by atoms with Crippen LogP contribution in [0.5, 0.6) is 5.88 Å². The SMILES string of the molecule is COc1cc(Cl)nc(NC(=O)Cn2nc(C)cc2C)n1. The predicted octanol–water partition coefficient (Wildman–Crippen LogP) is 1.59. The summed E-state index contributed by atoms with van der Waals surface area (Å²) in [7, 11) is 1.46. The molecule has 0 saturated heterocycles. The lowest BCUT2D eigenvalue weighted by atomic mass is 10.4. The van der Waals surface area contributed by atoms with E-state index < -0.39 is 0 Å². The van der Waals surface area contributed by atoms with Crippen LogP contribution in [-0.2, 0) is 11.3 Å². The van der Waals surface area contributed by atoms with Gasteiger partial charge in [-0.05, 0) is 19.9 Å². The largest absolute Gasteiger partial charge is 0.481 e. The third-order valence-corrected chi connectivity index (χ3v) is 2.72. The number of hydrogen-bond acceptors (Lipinski definition) is 5. The molecule has 0 fully saturated rings. The molecule has 1 N–H and O–H groups in total. The van der Waals surface area contributed by atoms with Gasteiger partial charge in [0.1, 0.15) is 11.7 Å². The highest BCUT2D eigenvalue weighted by Gasteiger charge is 2.10. The van der Waals surface area contributed by atoms with Crippen molar-refractivity contribution >= 4 is 23.5 Å². The van der Waals surface area contributed by atoms with Crippen LogP contribution in [0.15, 0.2) is 12.1 Å². The summed E-state index contributed by atoms with van der Waals surface area (Å²) >= 11 is 5.80. The first-order valence-corrected chi connectivity index (χ1v) is 6.25. The van der Waals surface area contributed by atoms with Crippen molar-refractivity contribution in [2.24, 2.45) is 0 Å². The molecule has 0 unspecified atom stereocenters. The normalized spacial score (nSPS) is 10.4. The van der Waals surface area contributed by atoms with E-state index in [1.165, 1.54) is 13.2 Å². The molecule has 0 spiro atoms. The summed E-state index contributed by atoms with van der Waals surface area (Å²) in [5.74, 6) is 0.0906. The monoisotopic (exact) mass is 295 g/mol. The minimum Gasteiger partial charge on any atom is -0.481 e. The summed E-state index contributed by atoms with van der Waals surface area (Å²) in [5, 5.41) is 6.96. The molecule has 0 aliphatic carbocycles. The quantitative estimate of drug-likeness (QED) is 0.866. The highest BCUT2D eigenvalue weighted by atomic mass is 35.5. The summed E-state index contributed by atoms with van der Waals surface area (Å²) in [5.41, 5.74) is 1.76. The highest BCUT2D eigenvalue weighted by Crippen LogP contribution is 2.15. The molecule has 8 heteroatoms. The maximum Gasteiger partial charge on any atom is 0.248 e. The number of aromatic nitrogens is 4. The molecule has 2 heterocycles. The number of anilines is 1. The van der Waals surface area contributed by atoms with Crippen LogP contribution in [0.1, 0.15) is 11.4 Å². The van der Waals surface area contributed by atoms with E-state index in [1.807, 2.05) is 19.9 Å². The Morgan fingerprint density at radius 2 is 2.15 bits per heavy atom. The van der Waals surface area contributed by atoms with Gasteiger partial charge in [-0.15, -0.1) is 0 Å². The maximum absolute atomic E-state index is 11.9. The summed E-state index contributed by atoms with van der Waals surface area (Å²) in [4.78, 5) is 19.8. The first kappa shape index (κ1) is 14.3. The molecule has 0 aliphatic rings. The Balaban J connectivity index is 2.08. The van der Waals surface area contributed by atoms with E-state index >= 15 is 0 Å². The molecule has 106 valence electrons. The third kappa shape index (κ3) is 3.45. The second-order valence-electron chi connectivity index (χ2n) is 4.19. The average molecular weight is 296 g/mol. The van der Waals surface area contributed by atoms with Crippen LogP contribution in [0, 0.1) is 13.8 Å². The van der Waals surface area contributed by atoms with Crippen molar-refractivity contribution in [2.45, 2.75) is 20.4 Å². The number of aryl methyl sites for hydroxylation is 2. The molecule has 2 aromatic heterocycles. The molecule has 7 nitrogen and oxygen atoms in total. The van der Waals surface area contributed by atoms with E-state index in [1.54, 1.807) is 4.68 Å². The fourth-order valence-corrected chi connectivity index (χ4v) is 1.87. The number of amides is 1. The number of nitrogens with zero attached hydrogens (tertiary/aromatic N) is 4. The highest BCUT2D eigenvalue weighted by molar-refractivity contribution is 6.29. The van der Waals surface area contributed by atoms with Gasteiger partial charge in [-0.25, -0.2) is 4.98 Å². The Morgan fingerprint density at radius 1 is 1.40 bits per heavy atom. The summed E-state index contributed by atoms with van der Waals surface area (Å²) in [6, 6.07) is 3.35. The minimum absolute atomic E-state index is 0.0812. The van der Waals surface area contributed by atoms with Gasteiger partial charge in [-0.1, -0.05) is 11.6 Å².